The van der Waals surface area contributed by atoms with Crippen LogP contribution in [-0.4, -0.2) is 13.4 Å². The summed E-state index contributed by atoms with van der Waals surface area (Å²) in [5.41, 5.74) is 5.53. The summed E-state index contributed by atoms with van der Waals surface area (Å²) < 4.78 is 39.8. The predicted octanol–water partition coefficient (Wildman–Crippen LogP) is 2.63. The number of anilines is 2. The van der Waals surface area contributed by atoms with Crippen molar-refractivity contribution < 1.29 is 12.8 Å². The van der Waals surface area contributed by atoms with Gasteiger partial charge in [-0.2, -0.15) is 0 Å². The van der Waals surface area contributed by atoms with Crippen LogP contribution in [0.3, 0.4) is 0 Å². The second-order valence-corrected chi connectivity index (χ2v) is 7.00. The molecular formula is C10H9ClFN3O2S2. The number of thiazole rings is 1. The second kappa shape index (κ2) is 4.95. The van der Waals surface area contributed by atoms with Crippen molar-refractivity contribution in [3.05, 3.63) is 34.7 Å². The quantitative estimate of drug-likeness (QED) is 0.910. The lowest BCUT2D eigenvalue weighted by Gasteiger charge is -2.07. The lowest BCUT2D eigenvalue weighted by atomic mass is 10.3. The number of aryl methyl sites for hydroxylation is 1. The highest BCUT2D eigenvalue weighted by molar-refractivity contribution is 7.94. The van der Waals surface area contributed by atoms with E-state index in [9.17, 15) is 12.8 Å². The number of hydrogen-bond donors (Lipinski definition) is 2. The number of nitrogens with one attached hydrogen (secondary N) is 1. The van der Waals surface area contributed by atoms with Gasteiger partial charge in [0, 0.05) is 5.02 Å². The van der Waals surface area contributed by atoms with Crippen molar-refractivity contribution in [2.75, 3.05) is 10.5 Å². The molecule has 0 aliphatic carbocycles. The monoisotopic (exact) mass is 321 g/mol. The Hall–Kier alpha value is -1.38. The Balaban J connectivity index is 2.39. The molecule has 2 rings (SSSR count). The molecule has 1 heterocycles. The maximum Gasteiger partial charge on any atom is 0.273 e. The minimum atomic E-state index is -3.92. The van der Waals surface area contributed by atoms with Gasteiger partial charge in [-0.15, -0.1) is 0 Å². The average Bonchev–Trinajstić information content (AvgIpc) is 2.63. The van der Waals surface area contributed by atoms with Crippen molar-refractivity contribution >= 4 is 43.8 Å². The van der Waals surface area contributed by atoms with Crippen LogP contribution in [0.25, 0.3) is 0 Å². The van der Waals surface area contributed by atoms with E-state index < -0.39 is 15.8 Å². The molecule has 2 aromatic rings. The van der Waals surface area contributed by atoms with Gasteiger partial charge >= 0.3 is 0 Å². The Morgan fingerprint density at radius 3 is 2.68 bits per heavy atom. The first-order valence-electron chi connectivity index (χ1n) is 5.00. The third-order valence-corrected chi connectivity index (χ3v) is 5.39. The van der Waals surface area contributed by atoms with Crippen molar-refractivity contribution in [1.29, 1.82) is 0 Å². The number of sulfonamides is 1. The van der Waals surface area contributed by atoms with E-state index in [-0.39, 0.29) is 25.7 Å². The fourth-order valence-electron chi connectivity index (χ4n) is 1.42. The summed E-state index contributed by atoms with van der Waals surface area (Å²) in [5.74, 6) is -0.758. The summed E-state index contributed by atoms with van der Waals surface area (Å²) >= 11 is 6.41. The summed E-state index contributed by atoms with van der Waals surface area (Å²) in [5, 5.41) is 0.313. The van der Waals surface area contributed by atoms with Crippen LogP contribution in [0.5, 0.6) is 0 Å². The molecule has 102 valence electrons. The van der Waals surface area contributed by atoms with Gasteiger partial charge in [-0.25, -0.2) is 17.8 Å². The molecule has 0 saturated heterocycles. The van der Waals surface area contributed by atoms with Gasteiger partial charge in [0.2, 0.25) is 0 Å². The van der Waals surface area contributed by atoms with E-state index >= 15 is 0 Å². The van der Waals surface area contributed by atoms with Gasteiger partial charge in [-0.05, 0) is 25.1 Å². The standard InChI is InChI=1S/C10H9ClFN3O2S2/c1-5-9(18-10(13)14-5)19(16,17)15-8-3-2-6(11)4-7(8)12/h2-4,15H,1H3,(H2,13,14). The lowest BCUT2D eigenvalue weighted by molar-refractivity contribution is 0.599. The minimum absolute atomic E-state index is 0.0423. The molecule has 0 fully saturated rings. The fourth-order valence-corrected chi connectivity index (χ4v) is 3.94. The van der Waals surface area contributed by atoms with Gasteiger partial charge in [0.15, 0.2) is 9.34 Å². The van der Waals surface area contributed by atoms with Crippen LogP contribution >= 0.6 is 22.9 Å². The molecule has 0 spiro atoms. The first-order valence-corrected chi connectivity index (χ1v) is 7.68. The molecule has 0 radical (unpaired) electrons. The number of nitrogens with two attached hydrogens (primary N) is 1. The Morgan fingerprint density at radius 2 is 2.16 bits per heavy atom. The number of hydrogen-bond acceptors (Lipinski definition) is 5. The van der Waals surface area contributed by atoms with Crippen molar-refractivity contribution in [1.82, 2.24) is 4.98 Å². The Labute approximate surface area is 118 Å². The van der Waals surface area contributed by atoms with Crippen LogP contribution in [0.2, 0.25) is 5.02 Å². The van der Waals surface area contributed by atoms with Gasteiger partial charge in [0.1, 0.15) is 5.82 Å². The zero-order valence-corrected chi connectivity index (χ0v) is 12.0. The van der Waals surface area contributed by atoms with Crippen molar-refractivity contribution in [3.63, 3.8) is 0 Å². The molecule has 0 aliphatic heterocycles. The number of rotatable bonds is 3. The minimum Gasteiger partial charge on any atom is -0.375 e. The van der Waals surface area contributed by atoms with Crippen LogP contribution < -0.4 is 10.5 Å². The molecule has 0 saturated carbocycles. The molecule has 9 heteroatoms. The highest BCUT2D eigenvalue weighted by atomic mass is 35.5. The summed E-state index contributed by atoms with van der Waals surface area (Å²) in [4.78, 5) is 3.82. The van der Waals surface area contributed by atoms with Crippen LogP contribution in [0, 0.1) is 12.7 Å². The van der Waals surface area contributed by atoms with E-state index in [1.165, 1.54) is 19.1 Å². The number of halogens is 2. The molecule has 1 aromatic carbocycles. The molecular weight excluding hydrogens is 313 g/mol. The van der Waals surface area contributed by atoms with E-state index in [0.717, 1.165) is 17.4 Å². The first kappa shape index (κ1) is 14.0. The number of aromatic nitrogens is 1. The van der Waals surface area contributed by atoms with E-state index in [1.54, 1.807) is 0 Å². The lowest BCUT2D eigenvalue weighted by Crippen LogP contribution is -2.13. The van der Waals surface area contributed by atoms with Gasteiger partial charge in [-0.1, -0.05) is 22.9 Å². The molecule has 0 amide bonds. The molecule has 3 N–H and O–H groups in total. The Morgan fingerprint density at radius 1 is 1.47 bits per heavy atom. The van der Waals surface area contributed by atoms with Gasteiger partial charge in [0.05, 0.1) is 11.4 Å². The van der Waals surface area contributed by atoms with E-state index in [0.29, 0.717) is 0 Å². The van der Waals surface area contributed by atoms with Crippen molar-refractivity contribution in [3.8, 4) is 0 Å². The van der Waals surface area contributed by atoms with Gasteiger partial charge in [-0.3, -0.25) is 4.72 Å². The molecule has 0 unspecified atom stereocenters. The zero-order valence-electron chi connectivity index (χ0n) is 9.65. The highest BCUT2D eigenvalue weighted by Gasteiger charge is 2.22. The maximum atomic E-state index is 13.6. The Kier molecular flexibility index (Phi) is 3.66. The van der Waals surface area contributed by atoms with Crippen molar-refractivity contribution in [2.24, 2.45) is 0 Å². The zero-order chi connectivity index (χ0) is 14.2. The third-order valence-electron chi connectivity index (χ3n) is 2.19. The number of nitrogens with zero attached hydrogens (tertiary/aromatic N) is 1. The third kappa shape index (κ3) is 2.96. The van der Waals surface area contributed by atoms with E-state index in [1.807, 2.05) is 0 Å². The molecule has 0 atom stereocenters. The molecule has 5 nitrogen and oxygen atoms in total. The summed E-state index contributed by atoms with van der Waals surface area (Å²) in [6.45, 7) is 1.51. The molecule has 1 aromatic heterocycles. The highest BCUT2D eigenvalue weighted by Crippen LogP contribution is 2.28. The largest absolute Gasteiger partial charge is 0.375 e. The second-order valence-electron chi connectivity index (χ2n) is 3.65. The first-order chi connectivity index (χ1) is 8.79. The van der Waals surface area contributed by atoms with E-state index in [4.69, 9.17) is 17.3 Å². The predicted molar refractivity (Wildman–Crippen MR) is 73.5 cm³/mol. The van der Waals surface area contributed by atoms with Crippen LogP contribution in [0.1, 0.15) is 5.69 Å². The summed E-state index contributed by atoms with van der Waals surface area (Å²) in [6, 6.07) is 3.65. The van der Waals surface area contributed by atoms with Gasteiger partial charge < -0.3 is 5.73 Å². The number of benzene rings is 1. The SMILES string of the molecule is Cc1nc(N)sc1S(=O)(=O)Nc1ccc(Cl)cc1F. The number of nitrogen functional groups attached to an aromatic ring is 1. The van der Waals surface area contributed by atoms with Crippen LogP contribution in [0.4, 0.5) is 15.2 Å². The van der Waals surface area contributed by atoms with Crippen molar-refractivity contribution in [2.45, 2.75) is 11.1 Å². The van der Waals surface area contributed by atoms with Crippen LogP contribution in [-0.2, 0) is 10.0 Å². The summed E-state index contributed by atoms with van der Waals surface area (Å²) in [7, 11) is -3.92. The average molecular weight is 322 g/mol. The van der Waals surface area contributed by atoms with E-state index in [2.05, 4.69) is 9.71 Å². The Bertz CT molecular complexity index is 730. The van der Waals surface area contributed by atoms with Gasteiger partial charge in [0.25, 0.3) is 10.0 Å². The summed E-state index contributed by atoms with van der Waals surface area (Å²) in [6.07, 6.45) is 0. The topological polar surface area (TPSA) is 85.1 Å². The van der Waals surface area contributed by atoms with Crippen LogP contribution in [0.15, 0.2) is 22.4 Å². The maximum absolute atomic E-state index is 13.6. The smallest absolute Gasteiger partial charge is 0.273 e. The normalized spacial score (nSPS) is 11.5. The molecule has 0 bridgehead atoms. The molecule has 0 aliphatic rings. The molecule has 19 heavy (non-hydrogen) atoms. The fraction of sp³-hybridized carbons (Fsp3) is 0.100.